The van der Waals surface area contributed by atoms with Gasteiger partial charge in [0.05, 0.1) is 20.8 Å². The third-order valence-corrected chi connectivity index (χ3v) is 5.53. The number of methoxy groups -OCH3 is 2. The van der Waals surface area contributed by atoms with Gasteiger partial charge >= 0.3 is 5.97 Å². The molecular weight excluding hydrogens is 460 g/mol. The number of hydrogen-bond acceptors (Lipinski definition) is 7. The van der Waals surface area contributed by atoms with Gasteiger partial charge in [-0.1, -0.05) is 12.1 Å². The summed E-state index contributed by atoms with van der Waals surface area (Å²) in [5.74, 6) is 1.86. The van der Waals surface area contributed by atoms with Crippen molar-refractivity contribution in [3.05, 3.63) is 89.2 Å². The SMILES string of the molecule is CCOc1ccc2oc(C)c(C(=O)Oc3ccc(C(=O)C=Cc4ccc(OC)c(OC)c4)cc3)c2c1. The van der Waals surface area contributed by atoms with Crippen LogP contribution in [0.15, 0.2) is 71.2 Å². The Hall–Kier alpha value is -4.52. The number of esters is 1. The maximum atomic E-state index is 12.9. The zero-order valence-electron chi connectivity index (χ0n) is 20.5. The number of ether oxygens (including phenoxy) is 4. The number of fused-ring (bicyclic) bond motifs is 1. The van der Waals surface area contributed by atoms with Gasteiger partial charge in [-0.05, 0) is 80.1 Å². The van der Waals surface area contributed by atoms with Crippen LogP contribution >= 0.6 is 0 Å². The van der Waals surface area contributed by atoms with Gasteiger partial charge in [0.15, 0.2) is 17.3 Å². The molecule has 0 aliphatic heterocycles. The van der Waals surface area contributed by atoms with Gasteiger partial charge in [0, 0.05) is 10.9 Å². The first-order valence-corrected chi connectivity index (χ1v) is 11.4. The molecule has 0 saturated heterocycles. The van der Waals surface area contributed by atoms with E-state index in [9.17, 15) is 9.59 Å². The highest BCUT2D eigenvalue weighted by Gasteiger charge is 2.21. The smallest absolute Gasteiger partial charge is 0.347 e. The summed E-state index contributed by atoms with van der Waals surface area (Å²) >= 11 is 0. The molecule has 0 N–H and O–H groups in total. The Balaban J connectivity index is 1.47. The molecule has 0 unspecified atom stereocenters. The summed E-state index contributed by atoms with van der Waals surface area (Å²) < 4.78 is 27.3. The molecule has 0 aliphatic carbocycles. The summed E-state index contributed by atoms with van der Waals surface area (Å²) in [6.07, 6.45) is 3.17. The van der Waals surface area contributed by atoms with Crippen molar-refractivity contribution >= 4 is 28.8 Å². The van der Waals surface area contributed by atoms with E-state index in [2.05, 4.69) is 0 Å². The molecule has 1 heterocycles. The topological polar surface area (TPSA) is 84.2 Å². The molecule has 0 aliphatic rings. The van der Waals surface area contributed by atoms with Crippen molar-refractivity contribution in [2.75, 3.05) is 20.8 Å². The summed E-state index contributed by atoms with van der Waals surface area (Å²) in [4.78, 5) is 25.6. The second-order valence-electron chi connectivity index (χ2n) is 7.85. The Morgan fingerprint density at radius 3 is 2.31 bits per heavy atom. The fraction of sp³-hybridized carbons (Fsp3) is 0.172. The zero-order valence-corrected chi connectivity index (χ0v) is 20.5. The van der Waals surface area contributed by atoms with Gasteiger partial charge in [0.1, 0.15) is 28.4 Å². The van der Waals surface area contributed by atoms with E-state index in [4.69, 9.17) is 23.4 Å². The molecule has 4 rings (SSSR count). The number of carbonyl (C=O) groups excluding carboxylic acids is 2. The number of hydrogen-bond donors (Lipinski definition) is 0. The predicted molar refractivity (Wildman–Crippen MR) is 136 cm³/mol. The van der Waals surface area contributed by atoms with Gasteiger partial charge in [0.2, 0.25) is 0 Å². The molecule has 0 amide bonds. The number of furan rings is 1. The number of carbonyl (C=O) groups is 2. The van der Waals surface area contributed by atoms with E-state index in [0.29, 0.717) is 57.5 Å². The molecule has 0 spiro atoms. The highest BCUT2D eigenvalue weighted by atomic mass is 16.5. The van der Waals surface area contributed by atoms with E-state index in [1.165, 1.54) is 6.08 Å². The summed E-state index contributed by atoms with van der Waals surface area (Å²) in [7, 11) is 3.12. The van der Waals surface area contributed by atoms with Crippen LogP contribution in [0.1, 0.15) is 39.0 Å². The number of ketones is 1. The Labute approximate surface area is 208 Å². The maximum Gasteiger partial charge on any atom is 0.347 e. The molecule has 0 atom stereocenters. The minimum atomic E-state index is -0.549. The van der Waals surface area contributed by atoms with Crippen molar-refractivity contribution in [1.82, 2.24) is 0 Å². The van der Waals surface area contributed by atoms with Crippen LogP contribution in [0.25, 0.3) is 17.0 Å². The van der Waals surface area contributed by atoms with Gasteiger partial charge in [-0.2, -0.15) is 0 Å². The van der Waals surface area contributed by atoms with Crippen LogP contribution in [0.2, 0.25) is 0 Å². The molecule has 36 heavy (non-hydrogen) atoms. The molecule has 1 aromatic heterocycles. The molecule has 0 radical (unpaired) electrons. The van der Waals surface area contributed by atoms with Crippen molar-refractivity contribution in [1.29, 1.82) is 0 Å². The number of benzene rings is 3. The number of aryl methyl sites for hydroxylation is 1. The van der Waals surface area contributed by atoms with Crippen LogP contribution in [-0.2, 0) is 0 Å². The Kier molecular flexibility index (Phi) is 7.39. The first kappa shape index (κ1) is 24.6. The van der Waals surface area contributed by atoms with Gasteiger partial charge < -0.3 is 23.4 Å². The fourth-order valence-electron chi connectivity index (χ4n) is 3.78. The van der Waals surface area contributed by atoms with Crippen molar-refractivity contribution in [2.24, 2.45) is 0 Å². The van der Waals surface area contributed by atoms with Gasteiger partial charge in [-0.15, -0.1) is 0 Å². The van der Waals surface area contributed by atoms with Crippen molar-refractivity contribution in [3.8, 4) is 23.0 Å². The van der Waals surface area contributed by atoms with Gasteiger partial charge in [0.25, 0.3) is 0 Å². The minimum Gasteiger partial charge on any atom is -0.494 e. The van der Waals surface area contributed by atoms with Crippen LogP contribution < -0.4 is 18.9 Å². The molecule has 7 nitrogen and oxygen atoms in total. The molecule has 4 aromatic rings. The lowest BCUT2D eigenvalue weighted by molar-refractivity contribution is 0.0734. The Morgan fingerprint density at radius 1 is 0.889 bits per heavy atom. The van der Waals surface area contributed by atoms with Gasteiger partial charge in [-0.25, -0.2) is 4.79 Å². The number of allylic oxidation sites excluding steroid dienone is 1. The highest BCUT2D eigenvalue weighted by Crippen LogP contribution is 2.31. The van der Waals surface area contributed by atoms with Crippen molar-refractivity contribution in [3.63, 3.8) is 0 Å². The standard InChI is InChI=1S/C29H26O7/c1-5-34-22-12-15-25-23(17-22)28(18(2)35-25)29(31)36-21-10-8-20(9-11-21)24(30)13-6-19-7-14-26(32-3)27(16-19)33-4/h6-17H,5H2,1-4H3. The molecule has 184 valence electrons. The van der Waals surface area contributed by atoms with E-state index in [0.717, 1.165) is 5.56 Å². The van der Waals surface area contributed by atoms with E-state index >= 15 is 0 Å². The van der Waals surface area contributed by atoms with E-state index in [-0.39, 0.29) is 5.78 Å². The van der Waals surface area contributed by atoms with Crippen molar-refractivity contribution in [2.45, 2.75) is 13.8 Å². The van der Waals surface area contributed by atoms with Crippen LogP contribution in [0.3, 0.4) is 0 Å². The average Bonchev–Trinajstić information content (AvgIpc) is 3.22. The van der Waals surface area contributed by atoms with Gasteiger partial charge in [-0.3, -0.25) is 4.79 Å². The molecule has 0 fully saturated rings. The predicted octanol–water partition coefficient (Wildman–Crippen LogP) is 6.27. The lowest BCUT2D eigenvalue weighted by Gasteiger charge is -2.07. The molecule has 0 saturated carbocycles. The fourth-order valence-corrected chi connectivity index (χ4v) is 3.78. The second-order valence-corrected chi connectivity index (χ2v) is 7.85. The van der Waals surface area contributed by atoms with E-state index in [1.54, 1.807) is 81.8 Å². The first-order valence-electron chi connectivity index (χ1n) is 11.4. The molecule has 3 aromatic carbocycles. The summed E-state index contributed by atoms with van der Waals surface area (Å²) in [6, 6.07) is 17.1. The quantitative estimate of drug-likeness (QED) is 0.119. The summed E-state index contributed by atoms with van der Waals surface area (Å²) in [5.41, 5.74) is 2.16. The summed E-state index contributed by atoms with van der Waals surface area (Å²) in [6.45, 7) is 4.11. The lowest BCUT2D eigenvalue weighted by atomic mass is 10.1. The Morgan fingerprint density at radius 2 is 1.61 bits per heavy atom. The van der Waals surface area contributed by atoms with Crippen molar-refractivity contribution < 1.29 is 33.0 Å². The minimum absolute atomic E-state index is 0.192. The highest BCUT2D eigenvalue weighted by molar-refractivity contribution is 6.07. The third kappa shape index (κ3) is 5.25. The lowest BCUT2D eigenvalue weighted by Crippen LogP contribution is -2.09. The van der Waals surface area contributed by atoms with E-state index in [1.807, 2.05) is 13.0 Å². The Bertz CT molecular complexity index is 1430. The van der Waals surface area contributed by atoms with Crippen LogP contribution in [0.5, 0.6) is 23.0 Å². The van der Waals surface area contributed by atoms with Crippen LogP contribution in [-0.4, -0.2) is 32.6 Å². The average molecular weight is 487 g/mol. The summed E-state index contributed by atoms with van der Waals surface area (Å²) in [5, 5.41) is 0.621. The molecule has 7 heteroatoms. The third-order valence-electron chi connectivity index (χ3n) is 5.53. The second kappa shape index (κ2) is 10.8. The first-order chi connectivity index (χ1) is 17.4. The molecule has 0 bridgehead atoms. The number of rotatable bonds is 9. The zero-order chi connectivity index (χ0) is 25.7. The van der Waals surface area contributed by atoms with E-state index < -0.39 is 5.97 Å². The molecular formula is C29H26O7. The largest absolute Gasteiger partial charge is 0.494 e. The van der Waals surface area contributed by atoms with Crippen LogP contribution in [0.4, 0.5) is 0 Å². The normalized spacial score (nSPS) is 11.0. The maximum absolute atomic E-state index is 12.9. The van der Waals surface area contributed by atoms with Crippen LogP contribution in [0, 0.1) is 6.92 Å². The monoisotopic (exact) mass is 486 g/mol.